The van der Waals surface area contributed by atoms with E-state index in [9.17, 15) is 20.1 Å². The van der Waals surface area contributed by atoms with Crippen molar-refractivity contribution in [3.05, 3.63) is 11.6 Å². The Labute approximate surface area is 233 Å². The van der Waals surface area contributed by atoms with E-state index in [0.717, 1.165) is 30.5 Å². The summed E-state index contributed by atoms with van der Waals surface area (Å²) in [6.07, 6.45) is 3.79. The molecule has 0 saturated heterocycles. The second-order valence-electron chi connectivity index (χ2n) is 13.2. The van der Waals surface area contributed by atoms with Gasteiger partial charge in [-0.2, -0.15) is 0 Å². The largest absolute Gasteiger partial charge is 0.399 e. The Balaban J connectivity index is 1.73. The maximum absolute atomic E-state index is 13.4. The molecular weight excluding hydrogens is 500 g/mol. The topological polar surface area (TPSA) is 121 Å². The molecule has 0 bridgehead atoms. The third kappa shape index (κ3) is 4.76. The van der Waals surface area contributed by atoms with E-state index in [4.69, 9.17) is 14.3 Å². The van der Waals surface area contributed by atoms with Gasteiger partial charge >= 0.3 is 0 Å². The van der Waals surface area contributed by atoms with Gasteiger partial charge in [0.15, 0.2) is 6.29 Å². The molecule has 3 saturated carbocycles. The standard InChI is InChI=1S/C30H50N2O7/c1-17(2)27(35)32(16-26(37-6)38-7)18(3)19-10-12-30(36)21-13-23(31-39-8)22-14-24(33)25(34)15-28(22,4)20(21)9-11-29(19,30)5/h13,17-20,22,24-26,33-34,36H,9-12,14-16H2,1-8H3/b31-23+/t18?,19-,20?,22+,24-,25+,28-,29-,30-/m1/s1. The van der Waals surface area contributed by atoms with Crippen LogP contribution < -0.4 is 0 Å². The summed E-state index contributed by atoms with van der Waals surface area (Å²) in [5, 5.41) is 38.3. The van der Waals surface area contributed by atoms with Gasteiger partial charge in [0.25, 0.3) is 0 Å². The molecule has 2 unspecified atom stereocenters. The molecule has 0 aromatic carbocycles. The first-order valence-corrected chi connectivity index (χ1v) is 14.6. The van der Waals surface area contributed by atoms with Crippen molar-refractivity contribution in [2.24, 2.45) is 39.7 Å². The maximum atomic E-state index is 13.4. The Morgan fingerprint density at radius 2 is 1.74 bits per heavy atom. The molecule has 3 fully saturated rings. The Morgan fingerprint density at radius 1 is 1.08 bits per heavy atom. The summed E-state index contributed by atoms with van der Waals surface area (Å²) in [7, 11) is 4.68. The van der Waals surface area contributed by atoms with Gasteiger partial charge in [-0.25, -0.2) is 0 Å². The monoisotopic (exact) mass is 550 g/mol. The minimum atomic E-state index is -1.08. The van der Waals surface area contributed by atoms with Crippen LogP contribution in [-0.4, -0.2) is 89.9 Å². The number of hydrogen-bond donors (Lipinski definition) is 3. The number of ether oxygens (including phenoxy) is 2. The lowest BCUT2D eigenvalue weighted by atomic mass is 9.46. The van der Waals surface area contributed by atoms with Crippen molar-refractivity contribution in [1.29, 1.82) is 0 Å². The zero-order valence-electron chi connectivity index (χ0n) is 25.0. The molecule has 4 rings (SSSR count). The molecule has 0 heterocycles. The molecule has 9 heteroatoms. The zero-order valence-corrected chi connectivity index (χ0v) is 25.0. The van der Waals surface area contributed by atoms with Gasteiger partial charge in [-0.3, -0.25) is 4.79 Å². The van der Waals surface area contributed by atoms with Crippen molar-refractivity contribution in [2.75, 3.05) is 27.9 Å². The normalized spacial score (nSPS) is 41.6. The number of allylic oxidation sites excluding steroid dienone is 1. The van der Waals surface area contributed by atoms with Crippen LogP contribution in [0.3, 0.4) is 0 Å². The Hall–Kier alpha value is -1.52. The summed E-state index contributed by atoms with van der Waals surface area (Å²) in [6.45, 7) is 10.6. The van der Waals surface area contributed by atoms with Gasteiger partial charge in [0.05, 0.1) is 30.1 Å². The highest BCUT2D eigenvalue weighted by Crippen LogP contribution is 2.67. The van der Waals surface area contributed by atoms with Gasteiger partial charge in [-0.05, 0) is 74.3 Å². The van der Waals surface area contributed by atoms with Gasteiger partial charge in [-0.1, -0.05) is 32.9 Å². The molecule has 0 spiro atoms. The van der Waals surface area contributed by atoms with Crippen molar-refractivity contribution in [2.45, 2.75) is 103 Å². The van der Waals surface area contributed by atoms with Crippen LogP contribution in [0.4, 0.5) is 0 Å². The molecule has 4 aliphatic rings. The average Bonchev–Trinajstić information content (AvgIpc) is 3.17. The number of nitrogens with zero attached hydrogens (tertiary/aromatic N) is 2. The number of fused-ring (bicyclic) bond motifs is 5. The number of hydrogen-bond acceptors (Lipinski definition) is 8. The highest BCUT2D eigenvalue weighted by molar-refractivity contribution is 5.99. The Bertz CT molecular complexity index is 980. The summed E-state index contributed by atoms with van der Waals surface area (Å²) in [4.78, 5) is 20.5. The summed E-state index contributed by atoms with van der Waals surface area (Å²) in [6, 6.07) is -0.130. The van der Waals surface area contributed by atoms with Gasteiger partial charge < -0.3 is 34.5 Å². The molecule has 0 aromatic rings. The zero-order chi connectivity index (χ0) is 28.9. The lowest BCUT2D eigenvalue weighted by molar-refractivity contribution is -0.159. The van der Waals surface area contributed by atoms with Crippen LogP contribution in [-0.2, 0) is 19.1 Å². The fourth-order valence-corrected chi connectivity index (χ4v) is 8.82. The lowest BCUT2D eigenvalue weighted by Crippen LogP contribution is -2.62. The predicted octanol–water partition coefficient (Wildman–Crippen LogP) is 3.12. The van der Waals surface area contributed by atoms with Crippen LogP contribution in [0.25, 0.3) is 0 Å². The minimum absolute atomic E-state index is 0.0471. The fourth-order valence-electron chi connectivity index (χ4n) is 8.82. The summed E-state index contributed by atoms with van der Waals surface area (Å²) in [5.41, 5.74) is -0.200. The molecule has 1 amide bonds. The van der Waals surface area contributed by atoms with Gasteiger partial charge in [0.1, 0.15) is 7.11 Å². The number of amides is 1. The number of carbonyl (C=O) groups is 1. The van der Waals surface area contributed by atoms with Gasteiger partial charge in [0.2, 0.25) is 5.91 Å². The third-order valence-corrected chi connectivity index (χ3v) is 11.1. The van der Waals surface area contributed by atoms with E-state index in [1.54, 1.807) is 14.2 Å². The first-order chi connectivity index (χ1) is 18.3. The molecule has 0 radical (unpaired) electrons. The summed E-state index contributed by atoms with van der Waals surface area (Å²) < 4.78 is 10.9. The summed E-state index contributed by atoms with van der Waals surface area (Å²) in [5.74, 6) is -0.0657. The van der Waals surface area contributed by atoms with Gasteiger partial charge in [0, 0.05) is 37.5 Å². The second-order valence-corrected chi connectivity index (χ2v) is 13.2. The quantitative estimate of drug-likeness (QED) is 0.314. The van der Waals surface area contributed by atoms with Crippen molar-refractivity contribution in [3.8, 4) is 0 Å². The number of aliphatic hydroxyl groups is 3. The van der Waals surface area contributed by atoms with Crippen molar-refractivity contribution in [3.63, 3.8) is 0 Å². The lowest BCUT2D eigenvalue weighted by Gasteiger charge is -2.60. The van der Waals surface area contributed by atoms with E-state index in [1.165, 1.54) is 7.11 Å². The number of carbonyl (C=O) groups excluding carboxylic acids is 1. The number of rotatable bonds is 8. The van der Waals surface area contributed by atoms with Crippen molar-refractivity contribution >= 4 is 11.6 Å². The Morgan fingerprint density at radius 3 is 2.33 bits per heavy atom. The Kier molecular flexibility index (Phi) is 8.62. The first-order valence-electron chi connectivity index (χ1n) is 14.6. The molecule has 39 heavy (non-hydrogen) atoms. The average molecular weight is 551 g/mol. The van der Waals surface area contributed by atoms with E-state index in [2.05, 4.69) is 25.9 Å². The molecular formula is C30H50N2O7. The number of methoxy groups -OCH3 is 2. The van der Waals surface area contributed by atoms with Crippen molar-refractivity contribution in [1.82, 2.24) is 4.90 Å². The number of oxime groups is 1. The van der Waals surface area contributed by atoms with E-state index in [0.29, 0.717) is 25.8 Å². The van der Waals surface area contributed by atoms with Crippen LogP contribution >= 0.6 is 0 Å². The molecule has 3 N–H and O–H groups in total. The highest BCUT2D eigenvalue weighted by atomic mass is 16.7. The minimum Gasteiger partial charge on any atom is -0.399 e. The van der Waals surface area contributed by atoms with Crippen LogP contribution in [0.15, 0.2) is 16.8 Å². The maximum Gasteiger partial charge on any atom is 0.225 e. The molecule has 0 aliphatic heterocycles. The van der Waals surface area contributed by atoms with E-state index in [-0.39, 0.29) is 41.0 Å². The van der Waals surface area contributed by atoms with Crippen LogP contribution in [0.2, 0.25) is 0 Å². The third-order valence-electron chi connectivity index (χ3n) is 11.1. The first kappa shape index (κ1) is 30.4. The van der Waals surface area contributed by atoms with E-state index >= 15 is 0 Å². The van der Waals surface area contributed by atoms with Crippen LogP contribution in [0.5, 0.6) is 0 Å². The van der Waals surface area contributed by atoms with Crippen LogP contribution in [0, 0.1) is 34.5 Å². The van der Waals surface area contributed by atoms with Gasteiger partial charge in [-0.15, -0.1) is 0 Å². The molecule has 9 atom stereocenters. The highest BCUT2D eigenvalue weighted by Gasteiger charge is 2.67. The molecule has 0 aromatic heterocycles. The van der Waals surface area contributed by atoms with Crippen molar-refractivity contribution < 1.29 is 34.4 Å². The van der Waals surface area contributed by atoms with E-state index in [1.807, 2.05) is 24.8 Å². The molecule has 4 aliphatic carbocycles. The summed E-state index contributed by atoms with van der Waals surface area (Å²) >= 11 is 0. The molecule has 9 nitrogen and oxygen atoms in total. The fraction of sp³-hybridized carbons (Fsp3) is 0.867. The molecule has 222 valence electrons. The second kappa shape index (κ2) is 11.0. The smallest absolute Gasteiger partial charge is 0.225 e. The van der Waals surface area contributed by atoms with Crippen LogP contribution in [0.1, 0.15) is 73.1 Å². The van der Waals surface area contributed by atoms with E-state index < -0.39 is 29.5 Å². The predicted molar refractivity (Wildman–Crippen MR) is 148 cm³/mol. The SMILES string of the molecule is CO/N=C1\C=C2C(CC[C@]3(C)[C@@H](C(C)N(CC(OC)OC)C(=O)C(C)C)CC[C@@]23O)[C@@]2(C)C[C@H](O)[C@H](O)C[C@@H]12. The number of aliphatic hydroxyl groups excluding tert-OH is 2.